The monoisotopic (exact) mass is 274 g/mol. The average molecular weight is 275 g/mol. The van der Waals surface area contributed by atoms with Crippen LogP contribution in [-0.2, 0) is 11.2 Å². The van der Waals surface area contributed by atoms with Crippen molar-refractivity contribution < 1.29 is 14.7 Å². The first-order valence-electron chi connectivity index (χ1n) is 4.08. The molecule has 1 N–H and O–H groups in total. The molecule has 2 rings (SSSR count). The van der Waals surface area contributed by atoms with Crippen LogP contribution in [-0.4, -0.2) is 21.7 Å². The Morgan fingerprint density at radius 1 is 1.64 bits per heavy atom. The first-order chi connectivity index (χ1) is 6.61. The van der Waals surface area contributed by atoms with Gasteiger partial charge in [0.05, 0.1) is 10.7 Å². The van der Waals surface area contributed by atoms with Gasteiger partial charge in [0.1, 0.15) is 0 Å². The molecular weight excluding hydrogens is 268 g/mol. The van der Waals surface area contributed by atoms with Crippen molar-refractivity contribution in [2.45, 2.75) is 11.2 Å². The van der Waals surface area contributed by atoms with Gasteiger partial charge in [-0.2, -0.15) is 0 Å². The molecule has 0 aliphatic heterocycles. The number of rotatable bonds is 1. The topological polar surface area (TPSA) is 54.4 Å². The molecule has 2 unspecified atom stereocenters. The number of Topliss-reactive ketones (excluding diaryl/α,β-unsaturated/α-hetero) is 1. The summed E-state index contributed by atoms with van der Waals surface area (Å²) in [6.07, 6.45) is 0.448. The highest BCUT2D eigenvalue weighted by molar-refractivity contribution is 9.10. The van der Waals surface area contributed by atoms with Crippen molar-refractivity contribution in [3.8, 4) is 0 Å². The van der Waals surface area contributed by atoms with Gasteiger partial charge in [-0.25, -0.2) is 0 Å². The number of halogens is 1. The third kappa shape index (κ3) is 1.40. The summed E-state index contributed by atoms with van der Waals surface area (Å²) < 4.78 is 0. The van der Waals surface area contributed by atoms with Crippen LogP contribution in [0.2, 0.25) is 0 Å². The van der Waals surface area contributed by atoms with Crippen LogP contribution in [0.3, 0.4) is 0 Å². The summed E-state index contributed by atoms with van der Waals surface area (Å²) in [6.45, 7) is 0. The molecule has 1 aliphatic rings. The number of carbonyl (C=O) groups excluding carboxylic acids is 1. The molecule has 3 nitrogen and oxygen atoms in total. The standard InChI is InChI=1S/C9H7BrO3S/c10-7-5(9(12)13)3-6-4(8(7)11)1-2-14-6/h1-2,5,7H,3H2,(H,12,13). The molecule has 1 aliphatic carbocycles. The Morgan fingerprint density at radius 2 is 2.36 bits per heavy atom. The second-order valence-electron chi connectivity index (χ2n) is 3.17. The highest BCUT2D eigenvalue weighted by Gasteiger charge is 2.38. The summed E-state index contributed by atoms with van der Waals surface area (Å²) in [5.41, 5.74) is 0.675. The van der Waals surface area contributed by atoms with Gasteiger partial charge in [-0.1, -0.05) is 15.9 Å². The number of thiophene rings is 1. The van der Waals surface area contributed by atoms with Crippen LogP contribution in [0.25, 0.3) is 0 Å². The zero-order chi connectivity index (χ0) is 10.3. The summed E-state index contributed by atoms with van der Waals surface area (Å²) in [5.74, 6) is -1.66. The minimum absolute atomic E-state index is 0.111. The van der Waals surface area contributed by atoms with E-state index in [0.717, 1.165) is 4.88 Å². The van der Waals surface area contributed by atoms with Crippen LogP contribution in [0.15, 0.2) is 11.4 Å². The molecule has 74 valence electrons. The van der Waals surface area contributed by atoms with Crippen LogP contribution in [0, 0.1) is 5.92 Å². The fraction of sp³-hybridized carbons (Fsp3) is 0.333. The van der Waals surface area contributed by atoms with Gasteiger partial charge in [-0.3, -0.25) is 9.59 Å². The van der Waals surface area contributed by atoms with Crippen molar-refractivity contribution in [3.63, 3.8) is 0 Å². The lowest BCUT2D eigenvalue weighted by Gasteiger charge is -2.22. The smallest absolute Gasteiger partial charge is 0.308 e. The number of aliphatic carboxylic acids is 1. The van der Waals surface area contributed by atoms with Gasteiger partial charge in [-0.15, -0.1) is 11.3 Å². The largest absolute Gasteiger partial charge is 0.481 e. The van der Waals surface area contributed by atoms with E-state index in [1.54, 1.807) is 6.07 Å². The van der Waals surface area contributed by atoms with E-state index in [0.29, 0.717) is 12.0 Å². The minimum atomic E-state index is -0.917. The van der Waals surface area contributed by atoms with Crippen molar-refractivity contribution in [3.05, 3.63) is 21.9 Å². The maximum absolute atomic E-state index is 11.7. The molecule has 5 heteroatoms. The van der Waals surface area contributed by atoms with Gasteiger partial charge in [0.25, 0.3) is 0 Å². The molecule has 0 saturated heterocycles. The van der Waals surface area contributed by atoms with Crippen molar-refractivity contribution in [2.75, 3.05) is 0 Å². The lowest BCUT2D eigenvalue weighted by atomic mass is 9.88. The predicted octanol–water partition coefficient (Wildman–Crippen LogP) is 1.95. The van der Waals surface area contributed by atoms with E-state index in [4.69, 9.17) is 5.11 Å². The predicted molar refractivity (Wildman–Crippen MR) is 56.2 cm³/mol. The zero-order valence-corrected chi connectivity index (χ0v) is 9.47. The van der Waals surface area contributed by atoms with Gasteiger partial charge in [0.2, 0.25) is 0 Å². The van der Waals surface area contributed by atoms with E-state index < -0.39 is 16.7 Å². The fourth-order valence-corrected chi connectivity index (χ4v) is 3.16. The highest BCUT2D eigenvalue weighted by atomic mass is 79.9. The Hall–Kier alpha value is -0.680. The Kier molecular flexibility index (Phi) is 2.45. The number of carboxylic acids is 1. The molecule has 0 radical (unpaired) electrons. The second-order valence-corrected chi connectivity index (χ2v) is 5.16. The van der Waals surface area contributed by atoms with Gasteiger partial charge in [-0.05, 0) is 17.9 Å². The van der Waals surface area contributed by atoms with Crippen LogP contribution in [0.1, 0.15) is 15.2 Å². The number of ketones is 1. The van der Waals surface area contributed by atoms with E-state index in [9.17, 15) is 9.59 Å². The molecule has 1 aromatic rings. The summed E-state index contributed by atoms with van der Waals surface area (Å²) in [4.78, 5) is 22.9. The van der Waals surface area contributed by atoms with Gasteiger partial charge >= 0.3 is 5.97 Å². The zero-order valence-electron chi connectivity index (χ0n) is 7.07. The summed E-state index contributed by atoms with van der Waals surface area (Å²) in [6, 6.07) is 1.76. The number of fused-ring (bicyclic) bond motifs is 1. The summed E-state index contributed by atoms with van der Waals surface area (Å²) in [7, 11) is 0. The molecule has 1 aromatic heterocycles. The number of hydrogen-bond donors (Lipinski definition) is 1. The molecule has 1 heterocycles. The maximum atomic E-state index is 11.7. The third-order valence-corrected chi connectivity index (χ3v) is 4.33. The Bertz CT molecular complexity index is 399. The fourth-order valence-electron chi connectivity index (χ4n) is 1.57. The lowest BCUT2D eigenvalue weighted by Crippen LogP contribution is -2.36. The molecular formula is C9H7BrO3S. The van der Waals surface area contributed by atoms with Crippen LogP contribution in [0.5, 0.6) is 0 Å². The molecule has 2 atom stereocenters. The van der Waals surface area contributed by atoms with Crippen molar-refractivity contribution in [1.82, 2.24) is 0 Å². The molecule has 0 saturated carbocycles. The normalized spacial score (nSPS) is 25.9. The number of carboxylic acid groups (broad SMARTS) is 1. The van der Waals surface area contributed by atoms with E-state index in [1.807, 2.05) is 5.38 Å². The second kappa shape index (κ2) is 3.47. The number of alkyl halides is 1. The van der Waals surface area contributed by atoms with Crippen molar-refractivity contribution in [2.24, 2.45) is 5.92 Å². The molecule has 0 spiro atoms. The van der Waals surface area contributed by atoms with E-state index in [1.165, 1.54) is 11.3 Å². The van der Waals surface area contributed by atoms with Crippen LogP contribution in [0.4, 0.5) is 0 Å². The molecule has 0 amide bonds. The van der Waals surface area contributed by atoms with Crippen LogP contribution >= 0.6 is 27.3 Å². The molecule has 0 aromatic carbocycles. The SMILES string of the molecule is O=C1c2ccsc2CC(C(=O)O)C1Br. The minimum Gasteiger partial charge on any atom is -0.481 e. The van der Waals surface area contributed by atoms with Crippen molar-refractivity contribution >= 4 is 39.0 Å². The van der Waals surface area contributed by atoms with Gasteiger partial charge in [0.15, 0.2) is 5.78 Å². The first-order valence-corrected chi connectivity index (χ1v) is 5.88. The number of carbonyl (C=O) groups is 2. The van der Waals surface area contributed by atoms with Crippen molar-refractivity contribution in [1.29, 1.82) is 0 Å². The highest BCUT2D eigenvalue weighted by Crippen LogP contribution is 2.33. The first kappa shape index (κ1) is 9.86. The summed E-state index contributed by atoms with van der Waals surface area (Å²) in [5, 5.41) is 10.7. The van der Waals surface area contributed by atoms with Gasteiger partial charge < -0.3 is 5.11 Å². The van der Waals surface area contributed by atoms with E-state index in [-0.39, 0.29) is 5.78 Å². The lowest BCUT2D eigenvalue weighted by molar-refractivity contribution is -0.141. The quantitative estimate of drug-likeness (QED) is 0.797. The van der Waals surface area contributed by atoms with Crippen LogP contribution < -0.4 is 0 Å². The van der Waals surface area contributed by atoms with E-state index >= 15 is 0 Å². The maximum Gasteiger partial charge on any atom is 0.308 e. The summed E-state index contributed by atoms with van der Waals surface area (Å²) >= 11 is 4.60. The third-order valence-electron chi connectivity index (χ3n) is 2.34. The molecule has 0 fully saturated rings. The molecule has 0 bridgehead atoms. The van der Waals surface area contributed by atoms with E-state index in [2.05, 4.69) is 15.9 Å². The average Bonchev–Trinajstić information content (AvgIpc) is 2.58. The number of hydrogen-bond acceptors (Lipinski definition) is 3. The van der Waals surface area contributed by atoms with Gasteiger partial charge in [0, 0.05) is 10.4 Å². The Morgan fingerprint density at radius 3 is 3.00 bits per heavy atom. The Labute approximate surface area is 92.9 Å². The Balaban J connectivity index is 2.42. The molecule has 14 heavy (non-hydrogen) atoms.